The van der Waals surface area contributed by atoms with Crippen molar-refractivity contribution in [3.63, 3.8) is 0 Å². The van der Waals surface area contributed by atoms with Gasteiger partial charge in [0.15, 0.2) is 0 Å². The van der Waals surface area contributed by atoms with Crippen molar-refractivity contribution in [2.45, 2.75) is 6.42 Å². The van der Waals surface area contributed by atoms with Crippen molar-refractivity contribution < 1.29 is 0 Å². The molecule has 1 fully saturated rings. The summed E-state index contributed by atoms with van der Waals surface area (Å²) in [5, 5.41) is 14.7. The Morgan fingerprint density at radius 3 is 2.29 bits per heavy atom. The summed E-state index contributed by atoms with van der Waals surface area (Å²) in [7, 11) is 0. The van der Waals surface area contributed by atoms with Crippen LogP contribution in [0.1, 0.15) is 11.1 Å². The van der Waals surface area contributed by atoms with Crippen LogP contribution in [-0.4, -0.2) is 19.8 Å². The molecule has 24 heavy (non-hydrogen) atoms. The molecule has 2 aliphatic rings. The van der Waals surface area contributed by atoms with Gasteiger partial charge >= 0.3 is 0 Å². The summed E-state index contributed by atoms with van der Waals surface area (Å²) in [6.07, 6.45) is 1.09. The average Bonchev–Trinajstić information content (AvgIpc) is 3.32. The molecule has 6 rings (SSSR count). The van der Waals surface area contributed by atoms with E-state index in [1.54, 1.807) is 0 Å². The highest BCUT2D eigenvalue weighted by Gasteiger charge is 2.17. The van der Waals surface area contributed by atoms with Crippen LogP contribution >= 0.6 is 0 Å². The molecule has 1 saturated heterocycles. The molecule has 1 aliphatic heterocycles. The monoisotopic (exact) mass is 312 g/mol. The molecule has 118 valence electrons. The smallest absolute Gasteiger partial charge is 0.0455 e. The first-order chi connectivity index (χ1) is 11.9. The lowest BCUT2D eigenvalue weighted by molar-refractivity contribution is 0.807. The Balaban J connectivity index is 0.000000227. The van der Waals surface area contributed by atoms with Gasteiger partial charge in [0, 0.05) is 19.8 Å². The summed E-state index contributed by atoms with van der Waals surface area (Å²) < 4.78 is 0. The second-order valence-electron chi connectivity index (χ2n) is 6.61. The van der Waals surface area contributed by atoms with Crippen LogP contribution in [0.15, 0.2) is 60.7 Å². The van der Waals surface area contributed by atoms with E-state index in [1.807, 2.05) is 0 Å². The molecular weight excluding hydrogens is 292 g/mol. The Labute approximate surface area is 141 Å². The van der Waals surface area contributed by atoms with Gasteiger partial charge in [-0.1, -0.05) is 54.6 Å². The van der Waals surface area contributed by atoms with Crippen molar-refractivity contribution in [2.24, 2.45) is 0 Å². The van der Waals surface area contributed by atoms with Crippen LogP contribution < -0.4 is 10.6 Å². The fourth-order valence-corrected chi connectivity index (χ4v) is 4.05. The zero-order valence-corrected chi connectivity index (χ0v) is 13.6. The summed E-state index contributed by atoms with van der Waals surface area (Å²) in [6, 6.07) is 22.3. The number of benzene rings is 4. The van der Waals surface area contributed by atoms with E-state index in [2.05, 4.69) is 71.3 Å². The van der Waals surface area contributed by atoms with E-state index in [0.717, 1.165) is 26.2 Å². The van der Waals surface area contributed by atoms with Gasteiger partial charge in [0.05, 0.1) is 0 Å². The number of hydrogen-bond donors (Lipinski definition) is 2. The summed E-state index contributed by atoms with van der Waals surface area (Å²) >= 11 is 0. The molecule has 0 spiro atoms. The maximum Gasteiger partial charge on any atom is 0.0455 e. The number of fused-ring (bicyclic) bond motifs is 6. The number of nitrogens with one attached hydrogen (secondary N) is 2. The minimum Gasteiger partial charge on any atom is -0.303 e. The molecule has 2 N–H and O–H groups in total. The standard InChI is InChI=1S/C19H12.C3H8N2/c1-2-6-15-12(4-1)8-9-17-16-7-3-5-13-10-14(19(15)17)11-18(13)16;1-2-5-3-4-1/h1-9,11H,10H2;4-5H,1-3H2. The Morgan fingerprint density at radius 2 is 1.46 bits per heavy atom. The molecule has 2 nitrogen and oxygen atoms in total. The third-order valence-electron chi connectivity index (χ3n) is 5.16. The van der Waals surface area contributed by atoms with Crippen molar-refractivity contribution in [1.29, 1.82) is 0 Å². The van der Waals surface area contributed by atoms with Gasteiger partial charge < -0.3 is 10.6 Å². The largest absolute Gasteiger partial charge is 0.303 e. The van der Waals surface area contributed by atoms with Gasteiger partial charge in [0.1, 0.15) is 0 Å². The van der Waals surface area contributed by atoms with Crippen LogP contribution in [0, 0.1) is 0 Å². The SMILES string of the molecule is C1CNCN1.c1ccc2c(c1)ccc1c3cccc4c3cc(c21)C4. The predicted molar refractivity (Wildman–Crippen MR) is 103 cm³/mol. The Kier molecular flexibility index (Phi) is 3.25. The zero-order valence-electron chi connectivity index (χ0n) is 13.6. The van der Waals surface area contributed by atoms with Gasteiger partial charge in [0.2, 0.25) is 0 Å². The fraction of sp³-hybridized carbons (Fsp3) is 0.182. The normalized spacial score (nSPS) is 15.3. The van der Waals surface area contributed by atoms with Crippen LogP contribution in [0.5, 0.6) is 0 Å². The molecular formula is C22H20N2. The minimum absolute atomic E-state index is 1.00. The van der Waals surface area contributed by atoms with Crippen molar-refractivity contribution in [3.8, 4) is 0 Å². The maximum absolute atomic E-state index is 3.11. The third kappa shape index (κ3) is 2.11. The fourth-order valence-electron chi connectivity index (χ4n) is 4.05. The number of hydrogen-bond acceptors (Lipinski definition) is 2. The van der Waals surface area contributed by atoms with E-state index in [-0.39, 0.29) is 0 Å². The van der Waals surface area contributed by atoms with E-state index in [1.165, 1.54) is 43.4 Å². The lowest BCUT2D eigenvalue weighted by Crippen LogP contribution is -2.11. The van der Waals surface area contributed by atoms with E-state index in [0.29, 0.717) is 0 Å². The van der Waals surface area contributed by atoms with Crippen LogP contribution in [0.4, 0.5) is 0 Å². The van der Waals surface area contributed by atoms with Crippen LogP contribution in [0.3, 0.4) is 0 Å². The van der Waals surface area contributed by atoms with Gasteiger partial charge in [-0.3, -0.25) is 0 Å². The van der Waals surface area contributed by atoms with Gasteiger partial charge in [-0.25, -0.2) is 0 Å². The van der Waals surface area contributed by atoms with Gasteiger partial charge in [-0.15, -0.1) is 0 Å². The Morgan fingerprint density at radius 1 is 0.625 bits per heavy atom. The average molecular weight is 312 g/mol. The second-order valence-corrected chi connectivity index (χ2v) is 6.61. The highest BCUT2D eigenvalue weighted by molar-refractivity contribution is 6.20. The van der Waals surface area contributed by atoms with Gasteiger partial charge in [0.25, 0.3) is 0 Å². The molecule has 0 atom stereocenters. The summed E-state index contributed by atoms with van der Waals surface area (Å²) in [6.45, 7) is 3.28. The third-order valence-corrected chi connectivity index (χ3v) is 5.16. The quantitative estimate of drug-likeness (QED) is 0.419. The Bertz CT molecular complexity index is 1050. The van der Waals surface area contributed by atoms with E-state index in [4.69, 9.17) is 0 Å². The van der Waals surface area contributed by atoms with E-state index < -0.39 is 0 Å². The molecule has 2 heteroatoms. The first kappa shape index (κ1) is 14.0. The predicted octanol–water partition coefficient (Wildman–Crippen LogP) is 4.19. The molecule has 0 aromatic heterocycles. The Hall–Kier alpha value is -2.42. The number of rotatable bonds is 0. The van der Waals surface area contributed by atoms with E-state index >= 15 is 0 Å². The first-order valence-electron chi connectivity index (χ1n) is 8.68. The van der Waals surface area contributed by atoms with Gasteiger partial charge in [-0.2, -0.15) is 0 Å². The first-order valence-corrected chi connectivity index (χ1v) is 8.68. The molecule has 0 amide bonds. The molecule has 1 heterocycles. The van der Waals surface area contributed by atoms with Crippen LogP contribution in [0.25, 0.3) is 32.3 Å². The highest BCUT2D eigenvalue weighted by Crippen LogP contribution is 2.40. The van der Waals surface area contributed by atoms with Crippen LogP contribution in [-0.2, 0) is 6.42 Å². The van der Waals surface area contributed by atoms with Crippen molar-refractivity contribution >= 4 is 32.3 Å². The molecule has 4 aromatic carbocycles. The lowest BCUT2D eigenvalue weighted by Gasteiger charge is -2.07. The molecule has 0 saturated carbocycles. The second kappa shape index (κ2) is 5.59. The molecule has 2 bridgehead atoms. The topological polar surface area (TPSA) is 24.1 Å². The molecule has 0 radical (unpaired) electrons. The summed E-state index contributed by atoms with van der Waals surface area (Å²) in [4.78, 5) is 0. The van der Waals surface area contributed by atoms with Gasteiger partial charge in [-0.05, 0) is 55.9 Å². The summed E-state index contributed by atoms with van der Waals surface area (Å²) in [5.41, 5.74) is 2.97. The highest BCUT2D eigenvalue weighted by atomic mass is 15.1. The minimum atomic E-state index is 1.00. The zero-order chi connectivity index (χ0) is 15.9. The van der Waals surface area contributed by atoms with Crippen LogP contribution in [0.2, 0.25) is 0 Å². The molecule has 4 aromatic rings. The summed E-state index contributed by atoms with van der Waals surface area (Å²) in [5.74, 6) is 0. The van der Waals surface area contributed by atoms with Crippen molar-refractivity contribution in [1.82, 2.24) is 10.6 Å². The van der Waals surface area contributed by atoms with Crippen molar-refractivity contribution in [3.05, 3.63) is 71.8 Å². The molecule has 0 unspecified atom stereocenters. The maximum atomic E-state index is 3.11. The lowest BCUT2D eigenvalue weighted by atomic mass is 9.96. The van der Waals surface area contributed by atoms with E-state index in [9.17, 15) is 0 Å². The molecule has 1 aliphatic carbocycles. The van der Waals surface area contributed by atoms with Crippen molar-refractivity contribution in [2.75, 3.05) is 19.8 Å².